The highest BCUT2D eigenvalue weighted by atomic mass is 16.3. The molecule has 1 aliphatic heterocycles. The minimum Gasteiger partial charge on any atom is -0.396 e. The van der Waals surface area contributed by atoms with E-state index in [0.29, 0.717) is 11.7 Å². The van der Waals surface area contributed by atoms with Crippen molar-refractivity contribution in [1.29, 1.82) is 0 Å². The van der Waals surface area contributed by atoms with Crippen LogP contribution in [-0.2, 0) is 0 Å². The van der Waals surface area contributed by atoms with Crippen molar-refractivity contribution in [1.82, 2.24) is 14.4 Å². The zero-order valence-electron chi connectivity index (χ0n) is 10.7. The van der Waals surface area contributed by atoms with Crippen molar-refractivity contribution >= 4 is 17.3 Å². The molecule has 0 spiro atoms. The number of anilines is 2. The molecule has 1 aliphatic rings. The lowest BCUT2D eigenvalue weighted by atomic mass is 9.98. The van der Waals surface area contributed by atoms with E-state index in [1.165, 1.54) is 0 Å². The molecule has 7 nitrogen and oxygen atoms in total. The third-order valence-corrected chi connectivity index (χ3v) is 3.68. The topological polar surface area (TPSA) is 91.7 Å². The number of fused-ring (bicyclic) bond motifs is 1. The smallest absolute Gasteiger partial charge is 0.180 e. The Morgan fingerprint density at radius 2 is 2.21 bits per heavy atom. The minimum absolute atomic E-state index is 0.268. The third kappa shape index (κ3) is 2.22. The summed E-state index contributed by atoms with van der Waals surface area (Å²) in [5.41, 5.74) is 3.42. The van der Waals surface area contributed by atoms with E-state index in [-0.39, 0.29) is 6.61 Å². The number of rotatable bonds is 3. The highest BCUT2D eigenvalue weighted by Gasteiger charge is 2.22. The molecule has 3 heterocycles. The molecule has 7 heteroatoms. The molecule has 2 aromatic rings. The SMILES string of the molecule is NNc1cn2ccnc2c(N2CCC(CO)CC2)n1. The molecule has 0 aromatic carbocycles. The summed E-state index contributed by atoms with van der Waals surface area (Å²) in [4.78, 5) is 11.1. The van der Waals surface area contributed by atoms with Crippen molar-refractivity contribution in [2.45, 2.75) is 12.8 Å². The van der Waals surface area contributed by atoms with Crippen LogP contribution in [0.15, 0.2) is 18.6 Å². The Hall–Kier alpha value is -1.86. The molecular formula is C12H18N6O. The van der Waals surface area contributed by atoms with Gasteiger partial charge >= 0.3 is 0 Å². The van der Waals surface area contributed by atoms with Crippen LogP contribution in [0, 0.1) is 5.92 Å². The molecule has 0 unspecified atom stereocenters. The predicted octanol–water partition coefficient (Wildman–Crippen LogP) is 0.224. The molecule has 0 amide bonds. The summed E-state index contributed by atoms with van der Waals surface area (Å²) in [6.45, 7) is 2.04. The fraction of sp³-hybridized carbons (Fsp3) is 0.500. The van der Waals surface area contributed by atoms with Crippen LogP contribution >= 0.6 is 0 Å². The molecule has 102 valence electrons. The first-order chi connectivity index (χ1) is 9.31. The molecule has 19 heavy (non-hydrogen) atoms. The van der Waals surface area contributed by atoms with Gasteiger partial charge < -0.3 is 19.8 Å². The molecule has 1 fully saturated rings. The highest BCUT2D eigenvalue weighted by Crippen LogP contribution is 2.25. The summed E-state index contributed by atoms with van der Waals surface area (Å²) in [7, 11) is 0. The summed E-state index contributed by atoms with van der Waals surface area (Å²) in [6.07, 6.45) is 7.39. The largest absolute Gasteiger partial charge is 0.396 e. The van der Waals surface area contributed by atoms with E-state index in [1.54, 1.807) is 6.20 Å². The van der Waals surface area contributed by atoms with Crippen LogP contribution in [0.2, 0.25) is 0 Å². The number of hydrogen-bond acceptors (Lipinski definition) is 6. The van der Waals surface area contributed by atoms with E-state index in [0.717, 1.165) is 37.4 Å². The first-order valence-corrected chi connectivity index (χ1v) is 6.48. The Labute approximate surface area is 111 Å². The second-order valence-corrected chi connectivity index (χ2v) is 4.87. The lowest BCUT2D eigenvalue weighted by Crippen LogP contribution is -2.35. The normalized spacial score (nSPS) is 17.1. The Morgan fingerprint density at radius 3 is 2.89 bits per heavy atom. The van der Waals surface area contributed by atoms with Crippen LogP contribution in [0.4, 0.5) is 11.6 Å². The number of aromatic nitrogens is 3. The molecule has 4 N–H and O–H groups in total. The van der Waals surface area contributed by atoms with Crippen molar-refractivity contribution in [2.24, 2.45) is 11.8 Å². The van der Waals surface area contributed by atoms with Gasteiger partial charge in [0.05, 0.1) is 6.20 Å². The van der Waals surface area contributed by atoms with Gasteiger partial charge in [-0.25, -0.2) is 15.8 Å². The van der Waals surface area contributed by atoms with Crippen molar-refractivity contribution in [2.75, 3.05) is 30.0 Å². The molecule has 3 rings (SSSR count). The van der Waals surface area contributed by atoms with E-state index in [4.69, 9.17) is 5.84 Å². The van der Waals surface area contributed by atoms with Crippen LogP contribution in [0.25, 0.3) is 5.65 Å². The lowest BCUT2D eigenvalue weighted by Gasteiger charge is -2.32. The second kappa shape index (κ2) is 5.02. The number of hydrazine groups is 1. The van der Waals surface area contributed by atoms with Gasteiger partial charge in [-0.05, 0) is 18.8 Å². The quantitative estimate of drug-likeness (QED) is 0.541. The fourth-order valence-electron chi connectivity index (χ4n) is 2.52. The van der Waals surface area contributed by atoms with E-state index < -0.39 is 0 Å². The van der Waals surface area contributed by atoms with Gasteiger partial charge in [-0.15, -0.1) is 0 Å². The maximum absolute atomic E-state index is 9.19. The average molecular weight is 262 g/mol. The van der Waals surface area contributed by atoms with Gasteiger partial charge in [-0.3, -0.25) is 0 Å². The van der Waals surface area contributed by atoms with Gasteiger partial charge in [0.15, 0.2) is 17.3 Å². The zero-order valence-corrected chi connectivity index (χ0v) is 10.7. The monoisotopic (exact) mass is 262 g/mol. The Balaban J connectivity index is 1.93. The van der Waals surface area contributed by atoms with Crippen LogP contribution in [0.3, 0.4) is 0 Å². The molecule has 0 atom stereocenters. The van der Waals surface area contributed by atoms with Gasteiger partial charge in [-0.1, -0.05) is 0 Å². The Bertz CT molecular complexity index is 560. The van der Waals surface area contributed by atoms with Gasteiger partial charge in [-0.2, -0.15) is 0 Å². The maximum Gasteiger partial charge on any atom is 0.180 e. The van der Waals surface area contributed by atoms with Gasteiger partial charge in [0, 0.05) is 32.1 Å². The maximum atomic E-state index is 9.19. The van der Waals surface area contributed by atoms with E-state index in [9.17, 15) is 5.11 Å². The molecule has 1 saturated heterocycles. The molecule has 2 aromatic heterocycles. The van der Waals surface area contributed by atoms with Crippen molar-refractivity contribution in [3.63, 3.8) is 0 Å². The Kier molecular flexibility index (Phi) is 3.22. The average Bonchev–Trinajstić information content (AvgIpc) is 2.94. The number of aliphatic hydroxyl groups is 1. The molecule has 0 bridgehead atoms. The zero-order chi connectivity index (χ0) is 13.2. The summed E-state index contributed by atoms with van der Waals surface area (Å²) in [5, 5.41) is 9.19. The number of nitrogens with one attached hydrogen (secondary N) is 1. The first-order valence-electron chi connectivity index (χ1n) is 6.48. The standard InChI is InChI=1S/C12H18N6O/c13-16-10-7-18-6-3-14-11(18)12(15-10)17-4-1-9(8-19)2-5-17/h3,6-7,9,16,19H,1-2,4-5,8,13H2. The summed E-state index contributed by atoms with van der Waals surface area (Å²) in [5.74, 6) is 7.32. The minimum atomic E-state index is 0.268. The van der Waals surface area contributed by atoms with Crippen LogP contribution in [0.1, 0.15) is 12.8 Å². The molecule has 0 aliphatic carbocycles. The van der Waals surface area contributed by atoms with Crippen molar-refractivity contribution in [3.05, 3.63) is 18.6 Å². The van der Waals surface area contributed by atoms with E-state index >= 15 is 0 Å². The van der Waals surface area contributed by atoms with Crippen molar-refractivity contribution < 1.29 is 5.11 Å². The lowest BCUT2D eigenvalue weighted by molar-refractivity contribution is 0.203. The van der Waals surface area contributed by atoms with Gasteiger partial charge in [0.2, 0.25) is 0 Å². The molecule has 0 radical (unpaired) electrons. The first kappa shape index (κ1) is 12.2. The number of piperidine rings is 1. The fourth-order valence-corrected chi connectivity index (χ4v) is 2.52. The van der Waals surface area contributed by atoms with Crippen molar-refractivity contribution in [3.8, 4) is 0 Å². The second-order valence-electron chi connectivity index (χ2n) is 4.87. The number of aliphatic hydroxyl groups excluding tert-OH is 1. The van der Waals surface area contributed by atoms with Crippen LogP contribution in [-0.4, -0.2) is 39.2 Å². The Morgan fingerprint density at radius 1 is 1.42 bits per heavy atom. The number of nitrogen functional groups attached to an aromatic ring is 1. The molecule has 0 saturated carbocycles. The number of hydrogen-bond donors (Lipinski definition) is 3. The predicted molar refractivity (Wildman–Crippen MR) is 72.8 cm³/mol. The third-order valence-electron chi connectivity index (χ3n) is 3.68. The molecular weight excluding hydrogens is 244 g/mol. The van der Waals surface area contributed by atoms with Crippen LogP contribution in [0.5, 0.6) is 0 Å². The van der Waals surface area contributed by atoms with Gasteiger partial charge in [0.25, 0.3) is 0 Å². The van der Waals surface area contributed by atoms with E-state index in [1.807, 2.05) is 16.8 Å². The number of imidazole rings is 1. The highest BCUT2D eigenvalue weighted by molar-refractivity contribution is 5.66. The summed E-state index contributed by atoms with van der Waals surface area (Å²) < 4.78 is 1.91. The van der Waals surface area contributed by atoms with Crippen LogP contribution < -0.4 is 16.2 Å². The summed E-state index contributed by atoms with van der Waals surface area (Å²) in [6, 6.07) is 0. The number of nitrogens with two attached hydrogens (primary N) is 1. The van der Waals surface area contributed by atoms with E-state index in [2.05, 4.69) is 20.3 Å². The van der Waals surface area contributed by atoms with Gasteiger partial charge in [0.1, 0.15) is 0 Å². The summed E-state index contributed by atoms with van der Waals surface area (Å²) >= 11 is 0. The number of nitrogens with zero attached hydrogens (tertiary/aromatic N) is 4.